The molecule has 5 heteroatoms. The van der Waals surface area contributed by atoms with Crippen molar-refractivity contribution in [2.75, 3.05) is 13.2 Å². The van der Waals surface area contributed by atoms with Gasteiger partial charge < -0.3 is 14.4 Å². The van der Waals surface area contributed by atoms with E-state index in [0.29, 0.717) is 25.3 Å². The molecule has 1 saturated heterocycles. The van der Waals surface area contributed by atoms with Crippen molar-refractivity contribution in [1.29, 1.82) is 0 Å². The van der Waals surface area contributed by atoms with E-state index in [4.69, 9.17) is 4.74 Å². The van der Waals surface area contributed by atoms with E-state index < -0.39 is 5.60 Å². The van der Waals surface area contributed by atoms with Gasteiger partial charge >= 0.3 is 0 Å². The monoisotopic (exact) mass is 312 g/mol. The van der Waals surface area contributed by atoms with Crippen molar-refractivity contribution < 1.29 is 14.2 Å². The van der Waals surface area contributed by atoms with Crippen molar-refractivity contribution in [1.82, 2.24) is 9.55 Å². The Labute approximate surface area is 133 Å². The van der Waals surface area contributed by atoms with E-state index >= 15 is 0 Å². The van der Waals surface area contributed by atoms with Gasteiger partial charge in [-0.05, 0) is 36.8 Å². The van der Waals surface area contributed by atoms with Crippen LogP contribution in [0.1, 0.15) is 5.56 Å². The summed E-state index contributed by atoms with van der Waals surface area (Å²) in [7, 11) is 0. The molecular formula is C18H17FN2O2. The van der Waals surface area contributed by atoms with Gasteiger partial charge in [0, 0.05) is 5.56 Å². The van der Waals surface area contributed by atoms with Crippen molar-refractivity contribution in [2.24, 2.45) is 0 Å². The lowest BCUT2D eigenvalue weighted by Crippen LogP contribution is -2.52. The van der Waals surface area contributed by atoms with E-state index in [0.717, 1.165) is 22.2 Å². The van der Waals surface area contributed by atoms with Crippen LogP contribution in [-0.4, -0.2) is 33.5 Å². The maximum Gasteiger partial charge on any atom is 0.131 e. The van der Waals surface area contributed by atoms with Gasteiger partial charge in [0.15, 0.2) is 0 Å². The maximum absolute atomic E-state index is 14.1. The van der Waals surface area contributed by atoms with Crippen LogP contribution in [0.4, 0.5) is 4.39 Å². The number of fused-ring (bicyclic) bond motifs is 1. The van der Waals surface area contributed by atoms with Crippen LogP contribution in [0.15, 0.2) is 42.7 Å². The Bertz CT molecular complexity index is 884. The third kappa shape index (κ3) is 2.52. The summed E-state index contributed by atoms with van der Waals surface area (Å²) < 4.78 is 21.1. The largest absolute Gasteiger partial charge is 0.383 e. The van der Waals surface area contributed by atoms with Crippen LogP contribution in [0, 0.1) is 12.7 Å². The fourth-order valence-electron chi connectivity index (χ4n) is 2.96. The lowest BCUT2D eigenvalue weighted by atomic mass is 10.0. The van der Waals surface area contributed by atoms with E-state index in [1.807, 2.05) is 35.8 Å². The fraction of sp³-hybridized carbons (Fsp3) is 0.278. The molecule has 1 aliphatic heterocycles. The SMILES string of the molecule is Cc1ccc(F)c(-c2ccc3ncn(CC4(O)COC4)c3c2)c1. The summed E-state index contributed by atoms with van der Waals surface area (Å²) in [4.78, 5) is 4.35. The van der Waals surface area contributed by atoms with Crippen LogP contribution in [0.5, 0.6) is 0 Å². The van der Waals surface area contributed by atoms with Gasteiger partial charge in [0.25, 0.3) is 0 Å². The molecule has 4 nitrogen and oxygen atoms in total. The normalized spacial score (nSPS) is 16.5. The van der Waals surface area contributed by atoms with Crippen LogP contribution in [0.2, 0.25) is 0 Å². The van der Waals surface area contributed by atoms with Gasteiger partial charge in [0.05, 0.1) is 37.1 Å². The third-order valence-corrected chi connectivity index (χ3v) is 4.26. The fourth-order valence-corrected chi connectivity index (χ4v) is 2.96. The molecule has 3 aromatic rings. The summed E-state index contributed by atoms with van der Waals surface area (Å²) in [6.45, 7) is 3.03. The molecule has 0 bridgehead atoms. The van der Waals surface area contributed by atoms with Crippen molar-refractivity contribution in [3.8, 4) is 11.1 Å². The lowest BCUT2D eigenvalue weighted by molar-refractivity contribution is -0.184. The Morgan fingerprint density at radius 1 is 1.26 bits per heavy atom. The molecule has 2 heterocycles. The van der Waals surface area contributed by atoms with E-state index in [9.17, 15) is 9.50 Å². The van der Waals surface area contributed by atoms with Crippen LogP contribution >= 0.6 is 0 Å². The zero-order valence-electron chi connectivity index (χ0n) is 12.8. The molecule has 1 aromatic heterocycles. The van der Waals surface area contributed by atoms with Gasteiger partial charge in [-0.15, -0.1) is 0 Å². The van der Waals surface area contributed by atoms with E-state index in [-0.39, 0.29) is 5.82 Å². The molecule has 1 N–H and O–H groups in total. The number of ether oxygens (including phenoxy) is 1. The number of imidazole rings is 1. The molecule has 0 aliphatic carbocycles. The first-order valence-electron chi connectivity index (χ1n) is 7.56. The predicted molar refractivity (Wildman–Crippen MR) is 85.6 cm³/mol. The van der Waals surface area contributed by atoms with Crippen molar-refractivity contribution in [2.45, 2.75) is 19.1 Å². The minimum absolute atomic E-state index is 0.243. The zero-order chi connectivity index (χ0) is 16.0. The van der Waals surface area contributed by atoms with Gasteiger partial charge in [-0.1, -0.05) is 17.7 Å². The standard InChI is InChI=1S/C18H17FN2O2/c1-12-2-4-15(19)14(6-12)13-3-5-16-17(7-13)21(11-20-16)8-18(22)9-23-10-18/h2-7,11,22H,8-10H2,1H3. The minimum atomic E-state index is -0.835. The number of hydrogen-bond donors (Lipinski definition) is 1. The Morgan fingerprint density at radius 3 is 2.83 bits per heavy atom. The molecular weight excluding hydrogens is 295 g/mol. The maximum atomic E-state index is 14.1. The van der Waals surface area contributed by atoms with Gasteiger partial charge in [0.2, 0.25) is 0 Å². The van der Waals surface area contributed by atoms with Crippen molar-refractivity contribution >= 4 is 11.0 Å². The van der Waals surface area contributed by atoms with Crippen LogP contribution in [0.25, 0.3) is 22.2 Å². The number of aliphatic hydroxyl groups is 1. The quantitative estimate of drug-likeness (QED) is 0.809. The molecule has 0 saturated carbocycles. The second-order valence-electron chi connectivity index (χ2n) is 6.28. The van der Waals surface area contributed by atoms with Crippen molar-refractivity contribution in [3.63, 3.8) is 0 Å². The Balaban J connectivity index is 1.79. The second-order valence-corrected chi connectivity index (χ2v) is 6.28. The zero-order valence-corrected chi connectivity index (χ0v) is 12.8. The molecule has 4 rings (SSSR count). The van der Waals surface area contributed by atoms with E-state index in [2.05, 4.69) is 4.98 Å². The summed E-state index contributed by atoms with van der Waals surface area (Å²) in [5.74, 6) is -0.243. The highest BCUT2D eigenvalue weighted by Crippen LogP contribution is 2.28. The topological polar surface area (TPSA) is 47.3 Å². The highest BCUT2D eigenvalue weighted by molar-refractivity contribution is 5.82. The van der Waals surface area contributed by atoms with Gasteiger partial charge in [0.1, 0.15) is 11.4 Å². The number of hydrogen-bond acceptors (Lipinski definition) is 3. The summed E-state index contributed by atoms with van der Waals surface area (Å²) >= 11 is 0. The van der Waals surface area contributed by atoms with Crippen LogP contribution in [-0.2, 0) is 11.3 Å². The average molecular weight is 312 g/mol. The highest BCUT2D eigenvalue weighted by atomic mass is 19.1. The number of halogens is 1. The number of nitrogens with zero attached hydrogens (tertiary/aromatic N) is 2. The summed E-state index contributed by atoms with van der Waals surface area (Å²) in [5.41, 5.74) is 3.26. The van der Waals surface area contributed by atoms with Crippen LogP contribution < -0.4 is 0 Å². The Morgan fingerprint density at radius 2 is 2.09 bits per heavy atom. The summed E-state index contributed by atoms with van der Waals surface area (Å²) in [6.07, 6.45) is 1.71. The average Bonchev–Trinajstić information content (AvgIpc) is 2.90. The van der Waals surface area contributed by atoms with Gasteiger partial charge in [-0.25, -0.2) is 9.37 Å². The number of aryl methyl sites for hydroxylation is 1. The van der Waals surface area contributed by atoms with Gasteiger partial charge in [-0.3, -0.25) is 0 Å². The molecule has 1 aliphatic rings. The molecule has 0 unspecified atom stereocenters. The Kier molecular flexibility index (Phi) is 3.21. The number of benzene rings is 2. The first kappa shape index (κ1) is 14.4. The molecule has 0 atom stereocenters. The Hall–Kier alpha value is -2.24. The molecule has 0 amide bonds. The molecule has 0 radical (unpaired) electrons. The van der Waals surface area contributed by atoms with E-state index in [1.54, 1.807) is 12.4 Å². The first-order chi connectivity index (χ1) is 11.0. The molecule has 23 heavy (non-hydrogen) atoms. The molecule has 2 aromatic carbocycles. The predicted octanol–water partition coefficient (Wildman–Crippen LogP) is 2.91. The summed E-state index contributed by atoms with van der Waals surface area (Å²) in [6, 6.07) is 10.8. The highest BCUT2D eigenvalue weighted by Gasteiger charge is 2.36. The molecule has 118 valence electrons. The van der Waals surface area contributed by atoms with E-state index in [1.165, 1.54) is 6.07 Å². The molecule has 1 fully saturated rings. The molecule has 0 spiro atoms. The number of rotatable bonds is 3. The second kappa shape index (κ2) is 5.15. The van der Waals surface area contributed by atoms with Gasteiger partial charge in [-0.2, -0.15) is 0 Å². The smallest absolute Gasteiger partial charge is 0.131 e. The third-order valence-electron chi connectivity index (χ3n) is 4.26. The summed E-state index contributed by atoms with van der Waals surface area (Å²) in [5, 5.41) is 10.3. The number of aromatic nitrogens is 2. The van der Waals surface area contributed by atoms with Crippen LogP contribution in [0.3, 0.4) is 0 Å². The first-order valence-corrected chi connectivity index (χ1v) is 7.56. The minimum Gasteiger partial charge on any atom is -0.383 e. The lowest BCUT2D eigenvalue weighted by Gasteiger charge is -2.36. The van der Waals surface area contributed by atoms with Crippen molar-refractivity contribution in [3.05, 3.63) is 54.1 Å².